The second-order valence-corrected chi connectivity index (χ2v) is 6.75. The van der Waals surface area contributed by atoms with Gasteiger partial charge in [-0.3, -0.25) is 4.79 Å². The Balaban J connectivity index is 1.55. The van der Waals surface area contributed by atoms with E-state index >= 15 is 0 Å². The van der Waals surface area contributed by atoms with Crippen LogP contribution in [0.2, 0.25) is 0 Å². The van der Waals surface area contributed by atoms with Crippen molar-refractivity contribution in [2.75, 3.05) is 19.6 Å². The average Bonchev–Trinajstić information content (AvgIpc) is 3.09. The molecular weight excluding hydrogens is 316 g/mol. The van der Waals surface area contributed by atoms with Gasteiger partial charge in [0.2, 0.25) is 17.6 Å². The Morgan fingerprint density at radius 1 is 1.40 bits per heavy atom. The number of carbonyl (C=O) groups excluding carboxylic acids is 1. The number of benzene rings is 1. The van der Waals surface area contributed by atoms with Crippen LogP contribution in [-0.4, -0.2) is 40.6 Å². The molecule has 2 aromatic rings. The molecule has 1 aliphatic rings. The molecule has 1 atom stereocenters. The van der Waals surface area contributed by atoms with E-state index in [1.54, 1.807) is 0 Å². The van der Waals surface area contributed by atoms with E-state index in [-0.39, 0.29) is 5.91 Å². The molecule has 6 nitrogen and oxygen atoms in total. The SMILES string of the molecule is Cc1ccccc1-c1noc(CCC(=O)N2CCC[C@@H](CCN)C2)n1. The van der Waals surface area contributed by atoms with E-state index in [9.17, 15) is 4.79 Å². The first-order chi connectivity index (χ1) is 12.2. The molecule has 1 amide bonds. The first kappa shape index (κ1) is 17.6. The number of likely N-dealkylation sites (tertiary alicyclic amines) is 1. The van der Waals surface area contributed by atoms with Crippen molar-refractivity contribution in [3.05, 3.63) is 35.7 Å². The second-order valence-electron chi connectivity index (χ2n) is 6.75. The minimum absolute atomic E-state index is 0.164. The fourth-order valence-corrected chi connectivity index (χ4v) is 3.42. The minimum atomic E-state index is 0.164. The molecule has 2 heterocycles. The van der Waals surface area contributed by atoms with Gasteiger partial charge >= 0.3 is 0 Å². The first-order valence-corrected chi connectivity index (χ1v) is 9.04. The summed E-state index contributed by atoms with van der Waals surface area (Å²) in [4.78, 5) is 18.9. The van der Waals surface area contributed by atoms with Gasteiger partial charge < -0.3 is 15.2 Å². The van der Waals surface area contributed by atoms with Gasteiger partial charge in [0.05, 0.1) is 0 Å². The molecule has 0 spiro atoms. The molecule has 6 heteroatoms. The van der Waals surface area contributed by atoms with Gasteiger partial charge in [0.1, 0.15) is 0 Å². The van der Waals surface area contributed by atoms with Crippen molar-refractivity contribution in [2.24, 2.45) is 11.7 Å². The Kier molecular flexibility index (Phi) is 5.81. The van der Waals surface area contributed by atoms with Crippen LogP contribution in [0.25, 0.3) is 11.4 Å². The number of amides is 1. The lowest BCUT2D eigenvalue weighted by Crippen LogP contribution is -2.40. The number of nitrogens with two attached hydrogens (primary N) is 1. The summed E-state index contributed by atoms with van der Waals surface area (Å²) >= 11 is 0. The summed E-state index contributed by atoms with van der Waals surface area (Å²) in [6.07, 6.45) is 4.12. The summed E-state index contributed by atoms with van der Waals surface area (Å²) in [5.41, 5.74) is 7.71. The summed E-state index contributed by atoms with van der Waals surface area (Å²) in [6.45, 7) is 4.38. The van der Waals surface area contributed by atoms with Crippen LogP contribution in [0.5, 0.6) is 0 Å². The summed E-state index contributed by atoms with van der Waals surface area (Å²) < 4.78 is 5.32. The van der Waals surface area contributed by atoms with E-state index in [1.807, 2.05) is 36.1 Å². The van der Waals surface area contributed by atoms with Crippen LogP contribution in [0.4, 0.5) is 0 Å². The molecule has 1 aliphatic heterocycles. The Morgan fingerprint density at radius 2 is 2.24 bits per heavy atom. The monoisotopic (exact) mass is 342 g/mol. The van der Waals surface area contributed by atoms with E-state index in [2.05, 4.69) is 10.1 Å². The number of aromatic nitrogens is 2. The number of nitrogens with zero attached hydrogens (tertiary/aromatic N) is 3. The van der Waals surface area contributed by atoms with Gasteiger partial charge in [-0.05, 0) is 44.2 Å². The Labute approximate surface area is 148 Å². The van der Waals surface area contributed by atoms with Gasteiger partial charge in [-0.1, -0.05) is 29.4 Å². The first-order valence-electron chi connectivity index (χ1n) is 9.04. The maximum atomic E-state index is 12.5. The van der Waals surface area contributed by atoms with E-state index in [4.69, 9.17) is 10.3 Å². The third kappa shape index (κ3) is 4.45. The van der Waals surface area contributed by atoms with Crippen LogP contribution in [0.1, 0.15) is 37.1 Å². The third-order valence-corrected chi connectivity index (χ3v) is 4.85. The number of hydrogen-bond acceptors (Lipinski definition) is 5. The summed E-state index contributed by atoms with van der Waals surface area (Å²) in [5.74, 6) is 1.81. The van der Waals surface area contributed by atoms with Crippen LogP contribution >= 0.6 is 0 Å². The zero-order chi connectivity index (χ0) is 17.6. The molecule has 1 fully saturated rings. The van der Waals surface area contributed by atoms with Crippen molar-refractivity contribution in [3.8, 4) is 11.4 Å². The Hall–Kier alpha value is -2.21. The fraction of sp³-hybridized carbons (Fsp3) is 0.526. The van der Waals surface area contributed by atoms with E-state index in [0.29, 0.717) is 37.0 Å². The van der Waals surface area contributed by atoms with Crippen LogP contribution in [-0.2, 0) is 11.2 Å². The quantitative estimate of drug-likeness (QED) is 0.872. The molecule has 3 rings (SSSR count). The molecule has 0 aliphatic carbocycles. The summed E-state index contributed by atoms with van der Waals surface area (Å²) in [6, 6.07) is 7.93. The van der Waals surface area contributed by atoms with Gasteiger partial charge in [-0.15, -0.1) is 0 Å². The maximum absolute atomic E-state index is 12.5. The summed E-state index contributed by atoms with van der Waals surface area (Å²) in [7, 11) is 0. The lowest BCUT2D eigenvalue weighted by atomic mass is 9.94. The highest BCUT2D eigenvalue weighted by atomic mass is 16.5. The third-order valence-electron chi connectivity index (χ3n) is 4.85. The molecule has 134 valence electrons. The molecule has 0 bridgehead atoms. The number of hydrogen-bond donors (Lipinski definition) is 1. The smallest absolute Gasteiger partial charge is 0.227 e. The lowest BCUT2D eigenvalue weighted by molar-refractivity contribution is -0.133. The van der Waals surface area contributed by atoms with Crippen molar-refractivity contribution >= 4 is 5.91 Å². The molecule has 0 radical (unpaired) electrons. The van der Waals surface area contributed by atoms with Gasteiger partial charge in [-0.25, -0.2) is 0 Å². The van der Waals surface area contributed by atoms with Crippen molar-refractivity contribution in [1.29, 1.82) is 0 Å². The molecular formula is C19H26N4O2. The van der Waals surface area contributed by atoms with E-state index in [0.717, 1.165) is 37.1 Å². The number of carbonyl (C=O) groups is 1. The van der Waals surface area contributed by atoms with Crippen molar-refractivity contribution in [1.82, 2.24) is 15.0 Å². The van der Waals surface area contributed by atoms with E-state index < -0.39 is 0 Å². The van der Waals surface area contributed by atoms with Crippen molar-refractivity contribution in [3.63, 3.8) is 0 Å². The Morgan fingerprint density at radius 3 is 3.04 bits per heavy atom. The van der Waals surface area contributed by atoms with Gasteiger partial charge in [0, 0.05) is 31.5 Å². The van der Waals surface area contributed by atoms with Crippen LogP contribution in [0.15, 0.2) is 28.8 Å². The zero-order valence-corrected chi connectivity index (χ0v) is 14.8. The predicted octanol–water partition coefficient (Wildman–Crippen LogP) is 2.57. The predicted molar refractivity (Wildman–Crippen MR) is 95.8 cm³/mol. The highest BCUT2D eigenvalue weighted by molar-refractivity contribution is 5.76. The lowest BCUT2D eigenvalue weighted by Gasteiger charge is -2.32. The van der Waals surface area contributed by atoms with Crippen LogP contribution in [0, 0.1) is 12.8 Å². The summed E-state index contributed by atoms with van der Waals surface area (Å²) in [5, 5.41) is 4.05. The maximum Gasteiger partial charge on any atom is 0.227 e. The number of rotatable bonds is 6. The minimum Gasteiger partial charge on any atom is -0.342 e. The molecule has 0 saturated carbocycles. The van der Waals surface area contributed by atoms with Gasteiger partial charge in [0.15, 0.2) is 0 Å². The molecule has 1 saturated heterocycles. The molecule has 1 aromatic carbocycles. The standard InChI is InChI=1S/C19H26N4O2/c1-14-5-2-3-7-16(14)19-21-17(25-22-19)8-9-18(24)23-12-4-6-15(13-23)10-11-20/h2-3,5,7,15H,4,6,8-13,20H2,1H3/t15-/m0/s1. The van der Waals surface area contributed by atoms with Crippen molar-refractivity contribution in [2.45, 2.75) is 39.0 Å². The zero-order valence-electron chi connectivity index (χ0n) is 14.8. The molecule has 1 aromatic heterocycles. The van der Waals surface area contributed by atoms with E-state index in [1.165, 1.54) is 6.42 Å². The normalized spacial score (nSPS) is 17.7. The molecule has 25 heavy (non-hydrogen) atoms. The van der Waals surface area contributed by atoms with Gasteiger partial charge in [-0.2, -0.15) is 4.98 Å². The topological polar surface area (TPSA) is 85.2 Å². The van der Waals surface area contributed by atoms with Crippen LogP contribution < -0.4 is 5.73 Å². The molecule has 2 N–H and O–H groups in total. The average molecular weight is 342 g/mol. The second kappa shape index (κ2) is 8.25. The number of aryl methyl sites for hydroxylation is 2. The highest BCUT2D eigenvalue weighted by Gasteiger charge is 2.23. The molecule has 0 unspecified atom stereocenters. The largest absolute Gasteiger partial charge is 0.342 e. The van der Waals surface area contributed by atoms with Gasteiger partial charge in [0.25, 0.3) is 0 Å². The Bertz CT molecular complexity index is 711. The number of piperidine rings is 1. The van der Waals surface area contributed by atoms with Crippen LogP contribution in [0.3, 0.4) is 0 Å². The van der Waals surface area contributed by atoms with Crippen molar-refractivity contribution < 1.29 is 9.32 Å². The highest BCUT2D eigenvalue weighted by Crippen LogP contribution is 2.22. The fourth-order valence-electron chi connectivity index (χ4n) is 3.42.